The Morgan fingerprint density at radius 2 is 1.81 bits per heavy atom. The molecule has 0 bridgehead atoms. The van der Waals surface area contributed by atoms with Crippen LogP contribution >= 0.6 is 0 Å². The number of benzene rings is 1. The molecule has 5 heteroatoms. The number of hydrogen-bond donors (Lipinski definition) is 0. The summed E-state index contributed by atoms with van der Waals surface area (Å²) in [5.41, 5.74) is -0.590. The molecule has 0 amide bonds. The molecule has 84 valence electrons. The van der Waals surface area contributed by atoms with E-state index in [9.17, 15) is 18.0 Å². The standard InChI is InChI=1S/C11H8F3NO/c12-11(13,14)9-5-3-8(4-6-9)10(16)2-1-7-15/h3-6H,1-2H2. The maximum absolute atomic E-state index is 12.2. The average Bonchev–Trinajstić information content (AvgIpc) is 2.25. The molecule has 2 nitrogen and oxygen atoms in total. The Bertz CT molecular complexity index is 414. The fourth-order valence-corrected chi connectivity index (χ4v) is 1.16. The number of carbonyl (C=O) groups is 1. The van der Waals surface area contributed by atoms with E-state index in [1.807, 2.05) is 0 Å². The number of hydrogen-bond acceptors (Lipinski definition) is 2. The topological polar surface area (TPSA) is 40.9 Å². The number of nitrogens with zero attached hydrogens (tertiary/aromatic N) is 1. The van der Waals surface area contributed by atoms with Crippen LogP contribution in [-0.4, -0.2) is 5.78 Å². The van der Waals surface area contributed by atoms with Crippen LogP contribution in [0.2, 0.25) is 0 Å². The fraction of sp³-hybridized carbons (Fsp3) is 0.273. The quantitative estimate of drug-likeness (QED) is 0.744. The summed E-state index contributed by atoms with van der Waals surface area (Å²) in [6, 6.07) is 5.78. The van der Waals surface area contributed by atoms with Crippen molar-refractivity contribution in [3.63, 3.8) is 0 Å². The summed E-state index contributed by atoms with van der Waals surface area (Å²) in [5, 5.41) is 8.26. The number of halogens is 3. The number of alkyl halides is 3. The maximum atomic E-state index is 12.2. The zero-order chi connectivity index (χ0) is 12.2. The van der Waals surface area contributed by atoms with Gasteiger partial charge in [0.25, 0.3) is 0 Å². The normalized spacial score (nSPS) is 10.9. The maximum Gasteiger partial charge on any atom is 0.416 e. The van der Waals surface area contributed by atoms with E-state index in [0.29, 0.717) is 0 Å². The molecular formula is C11H8F3NO. The number of carbonyl (C=O) groups excluding carboxylic acids is 1. The first-order chi connectivity index (χ1) is 7.45. The Balaban J connectivity index is 2.80. The van der Waals surface area contributed by atoms with Gasteiger partial charge in [0.1, 0.15) is 0 Å². The Morgan fingerprint density at radius 1 is 1.25 bits per heavy atom. The van der Waals surface area contributed by atoms with E-state index in [1.54, 1.807) is 6.07 Å². The van der Waals surface area contributed by atoms with Crippen molar-refractivity contribution in [3.05, 3.63) is 35.4 Å². The molecule has 0 heterocycles. The van der Waals surface area contributed by atoms with Gasteiger partial charge in [0.05, 0.1) is 11.6 Å². The predicted molar refractivity (Wildman–Crippen MR) is 50.6 cm³/mol. The minimum atomic E-state index is -4.39. The van der Waals surface area contributed by atoms with Crippen LogP contribution in [0.15, 0.2) is 24.3 Å². The highest BCUT2D eigenvalue weighted by atomic mass is 19.4. The van der Waals surface area contributed by atoms with Crippen LogP contribution in [0.3, 0.4) is 0 Å². The van der Waals surface area contributed by atoms with Crippen LogP contribution in [0.25, 0.3) is 0 Å². The Morgan fingerprint density at radius 3 is 2.25 bits per heavy atom. The molecule has 0 unspecified atom stereocenters. The highest BCUT2D eigenvalue weighted by Gasteiger charge is 2.30. The van der Waals surface area contributed by atoms with E-state index in [2.05, 4.69) is 0 Å². The van der Waals surface area contributed by atoms with Gasteiger partial charge in [-0.3, -0.25) is 4.79 Å². The molecule has 0 aliphatic rings. The van der Waals surface area contributed by atoms with E-state index in [0.717, 1.165) is 24.3 Å². The van der Waals surface area contributed by atoms with Gasteiger partial charge in [-0.1, -0.05) is 12.1 Å². The number of nitriles is 1. The second-order valence-corrected chi connectivity index (χ2v) is 3.16. The molecule has 0 fully saturated rings. The smallest absolute Gasteiger partial charge is 0.294 e. The number of ketones is 1. The van der Waals surface area contributed by atoms with Crippen LogP contribution in [0, 0.1) is 11.3 Å². The summed E-state index contributed by atoms with van der Waals surface area (Å²) in [6.45, 7) is 0. The molecule has 1 rings (SSSR count). The van der Waals surface area contributed by atoms with E-state index in [4.69, 9.17) is 5.26 Å². The van der Waals surface area contributed by atoms with Gasteiger partial charge in [-0.25, -0.2) is 0 Å². The summed E-state index contributed by atoms with van der Waals surface area (Å²) in [4.78, 5) is 11.3. The Labute approximate surface area is 90.3 Å². The van der Waals surface area contributed by atoms with Crippen LogP contribution < -0.4 is 0 Å². The van der Waals surface area contributed by atoms with Crippen molar-refractivity contribution >= 4 is 5.78 Å². The third-order valence-electron chi connectivity index (χ3n) is 2.00. The van der Waals surface area contributed by atoms with Gasteiger partial charge in [-0.05, 0) is 12.1 Å². The first kappa shape index (κ1) is 12.2. The second kappa shape index (κ2) is 4.79. The monoisotopic (exact) mass is 227 g/mol. The van der Waals surface area contributed by atoms with Crippen LogP contribution in [0.4, 0.5) is 13.2 Å². The summed E-state index contributed by atoms with van der Waals surface area (Å²) in [6.07, 6.45) is -4.30. The molecule has 0 atom stereocenters. The molecule has 16 heavy (non-hydrogen) atoms. The SMILES string of the molecule is N#CCCC(=O)c1ccc(C(F)(F)F)cc1. The molecule has 0 aliphatic heterocycles. The average molecular weight is 227 g/mol. The highest BCUT2D eigenvalue weighted by molar-refractivity contribution is 5.96. The van der Waals surface area contributed by atoms with Gasteiger partial charge in [-0.15, -0.1) is 0 Å². The van der Waals surface area contributed by atoms with Crippen molar-refractivity contribution in [3.8, 4) is 6.07 Å². The molecule has 0 radical (unpaired) electrons. The molecular weight excluding hydrogens is 219 g/mol. The summed E-state index contributed by atoms with van der Waals surface area (Å²) in [7, 11) is 0. The van der Waals surface area contributed by atoms with E-state index < -0.39 is 11.7 Å². The zero-order valence-electron chi connectivity index (χ0n) is 8.21. The third kappa shape index (κ3) is 3.09. The van der Waals surface area contributed by atoms with Crippen molar-refractivity contribution in [2.45, 2.75) is 19.0 Å². The summed E-state index contributed by atoms with van der Waals surface area (Å²) >= 11 is 0. The van der Waals surface area contributed by atoms with E-state index >= 15 is 0 Å². The number of rotatable bonds is 3. The zero-order valence-corrected chi connectivity index (χ0v) is 8.21. The van der Waals surface area contributed by atoms with Gasteiger partial charge in [-0.2, -0.15) is 18.4 Å². The largest absolute Gasteiger partial charge is 0.416 e. The lowest BCUT2D eigenvalue weighted by molar-refractivity contribution is -0.137. The van der Waals surface area contributed by atoms with Crippen molar-refractivity contribution in [1.82, 2.24) is 0 Å². The molecule has 0 aliphatic carbocycles. The van der Waals surface area contributed by atoms with Crippen molar-refractivity contribution < 1.29 is 18.0 Å². The van der Waals surface area contributed by atoms with Crippen molar-refractivity contribution in [2.24, 2.45) is 0 Å². The fourth-order valence-electron chi connectivity index (χ4n) is 1.16. The van der Waals surface area contributed by atoms with Crippen LogP contribution in [-0.2, 0) is 6.18 Å². The predicted octanol–water partition coefficient (Wildman–Crippen LogP) is 3.19. The van der Waals surface area contributed by atoms with Crippen molar-refractivity contribution in [1.29, 1.82) is 5.26 Å². The lowest BCUT2D eigenvalue weighted by Crippen LogP contribution is -2.06. The van der Waals surface area contributed by atoms with Gasteiger partial charge in [0.15, 0.2) is 5.78 Å². The molecule has 0 spiro atoms. The van der Waals surface area contributed by atoms with Gasteiger partial charge in [0, 0.05) is 18.4 Å². The second-order valence-electron chi connectivity index (χ2n) is 3.16. The van der Waals surface area contributed by atoms with E-state index in [-0.39, 0.29) is 24.2 Å². The third-order valence-corrected chi connectivity index (χ3v) is 2.00. The van der Waals surface area contributed by atoms with Crippen LogP contribution in [0.5, 0.6) is 0 Å². The molecule has 0 aromatic heterocycles. The lowest BCUT2D eigenvalue weighted by Gasteiger charge is -2.06. The van der Waals surface area contributed by atoms with Crippen molar-refractivity contribution in [2.75, 3.05) is 0 Å². The minimum Gasteiger partial charge on any atom is -0.294 e. The molecule has 0 N–H and O–H groups in total. The molecule has 1 aromatic carbocycles. The first-order valence-corrected chi connectivity index (χ1v) is 4.52. The van der Waals surface area contributed by atoms with Gasteiger partial charge < -0.3 is 0 Å². The molecule has 0 saturated heterocycles. The summed E-state index contributed by atoms with van der Waals surface area (Å²) in [5.74, 6) is -0.324. The Hall–Kier alpha value is -1.83. The molecule has 1 aromatic rings. The summed E-state index contributed by atoms with van der Waals surface area (Å²) < 4.78 is 36.6. The lowest BCUT2D eigenvalue weighted by atomic mass is 10.0. The highest BCUT2D eigenvalue weighted by Crippen LogP contribution is 2.29. The van der Waals surface area contributed by atoms with Crippen LogP contribution in [0.1, 0.15) is 28.8 Å². The van der Waals surface area contributed by atoms with Gasteiger partial charge in [0.2, 0.25) is 0 Å². The minimum absolute atomic E-state index is 0.0296. The Kier molecular flexibility index (Phi) is 3.67. The van der Waals surface area contributed by atoms with E-state index in [1.165, 1.54) is 0 Å². The number of Topliss-reactive ketones (excluding diaryl/α,β-unsaturated/α-hetero) is 1. The molecule has 0 saturated carbocycles. The van der Waals surface area contributed by atoms with Gasteiger partial charge >= 0.3 is 6.18 Å². The first-order valence-electron chi connectivity index (χ1n) is 4.52.